The van der Waals surface area contributed by atoms with Crippen molar-refractivity contribution in [1.82, 2.24) is 9.97 Å². The highest BCUT2D eigenvalue weighted by Crippen LogP contribution is 2.17. The van der Waals surface area contributed by atoms with Crippen molar-refractivity contribution in [3.63, 3.8) is 0 Å². The smallest absolute Gasteiger partial charge is 0.328 e. The molecule has 0 bridgehead atoms. The first-order chi connectivity index (χ1) is 31.7. The lowest BCUT2D eigenvalue weighted by Gasteiger charge is -2.15. The number of carbonyl (C=O) groups excluding carboxylic acids is 1. The van der Waals surface area contributed by atoms with Crippen LogP contribution in [0.15, 0.2) is 114 Å². The number of aromatic nitrogens is 2. The zero-order valence-corrected chi connectivity index (χ0v) is 38.1. The summed E-state index contributed by atoms with van der Waals surface area (Å²) in [6.07, 6.45) is 13.3. The van der Waals surface area contributed by atoms with Gasteiger partial charge in [-0.3, -0.25) is 4.18 Å². The molecule has 1 radical (unpaired) electrons. The van der Waals surface area contributed by atoms with Crippen LogP contribution in [0.1, 0.15) is 40.3 Å². The second-order valence-electron chi connectivity index (χ2n) is 14.0. The molecule has 0 spiro atoms. The molecule has 3 aromatic carbocycles. The molecule has 0 fully saturated rings. The predicted octanol–water partition coefficient (Wildman–Crippen LogP) is 7.82. The van der Waals surface area contributed by atoms with E-state index >= 15 is 0 Å². The van der Waals surface area contributed by atoms with E-state index in [1.165, 1.54) is 25.1 Å². The standard InChI is InChI=1S/C28H32BN2O7S.C21H26FNO3/c1-23-3-12-27(13-4-23)39(33,34)38-20-18-36-16-15-35-17-19-37-28-14-9-25(21-30-28)6-5-24-7-10-26(11-8-24)31(2)29-22-32;1-2-18-3-5-19(6-4-18)7-8-20-9-10-21(23-17-20)26-16-15-25-14-13-24-12-11-22/h3-14,21-22H,15-20H2,1-2H3;3-10,17H,2,11-16H2,1H3/b6-5+;8-7+/i;22-1. The number of anilines is 1. The van der Waals surface area contributed by atoms with E-state index in [-0.39, 0.29) is 24.7 Å². The first-order valence-corrected chi connectivity index (χ1v) is 22.7. The highest BCUT2D eigenvalue weighted by Gasteiger charge is 2.14. The van der Waals surface area contributed by atoms with Gasteiger partial charge < -0.3 is 38.0 Å². The van der Waals surface area contributed by atoms with Crippen LogP contribution < -0.4 is 14.3 Å². The Balaban J connectivity index is 0.000000309. The monoisotopic (exact) mass is 909 g/mol. The number of halogens is 1. The Kier molecular flexibility index (Phi) is 24.3. The molecule has 345 valence electrons. The minimum atomic E-state index is -3.78. The number of ether oxygens (including phenoxy) is 6. The van der Waals surface area contributed by atoms with Gasteiger partial charge >= 0.3 is 7.41 Å². The fourth-order valence-electron chi connectivity index (χ4n) is 5.48. The molecule has 2 aromatic heterocycles. The number of benzene rings is 3. The van der Waals surface area contributed by atoms with Gasteiger partial charge in [-0.2, -0.15) is 8.42 Å². The summed E-state index contributed by atoms with van der Waals surface area (Å²) < 4.78 is 73.2. The summed E-state index contributed by atoms with van der Waals surface area (Å²) in [7, 11) is -0.500. The first-order valence-electron chi connectivity index (χ1n) is 21.3. The number of carbonyl (C=O) groups is 1. The molecule has 65 heavy (non-hydrogen) atoms. The van der Waals surface area contributed by atoms with Crippen molar-refractivity contribution in [3.05, 3.63) is 143 Å². The molecule has 0 aliphatic rings. The van der Waals surface area contributed by atoms with Crippen LogP contribution in [-0.4, -0.2) is 118 Å². The highest BCUT2D eigenvalue weighted by molar-refractivity contribution is 7.86. The number of nitrogens with zero attached hydrogens (tertiary/aromatic N) is 3. The van der Waals surface area contributed by atoms with Crippen molar-refractivity contribution in [2.24, 2.45) is 0 Å². The maximum Gasteiger partial charge on any atom is 0.328 e. The number of rotatable bonds is 29. The Morgan fingerprint density at radius 2 is 1.03 bits per heavy atom. The number of aryl methyl sites for hydroxylation is 2. The summed E-state index contributed by atoms with van der Waals surface area (Å²) in [5.74, 6) is 1.06. The van der Waals surface area contributed by atoms with Gasteiger partial charge in [-0.05, 0) is 84.6 Å². The van der Waals surface area contributed by atoms with Gasteiger partial charge in [0, 0.05) is 30.2 Å². The van der Waals surface area contributed by atoms with E-state index in [0.29, 0.717) is 64.6 Å². The Labute approximate surface area is 383 Å². The molecule has 13 nitrogen and oxygen atoms in total. The molecule has 0 saturated carbocycles. The summed E-state index contributed by atoms with van der Waals surface area (Å²) in [4.78, 5) is 21.1. The second-order valence-corrected chi connectivity index (χ2v) is 15.6. The SMILES string of the molecule is CCc1ccc(/C=C/c2ccc(OCCOCCOCC[18F])nc2)cc1.Cc1ccc(S(=O)(=O)OCCOCCOCCOc2ccc(/C=C/c3ccc(N(C)[B]C=O)cc3)cn2)cc1. The topological polar surface area (TPSA) is 145 Å². The van der Waals surface area contributed by atoms with Crippen molar-refractivity contribution >= 4 is 53.7 Å². The van der Waals surface area contributed by atoms with E-state index in [1.807, 2.05) is 74.7 Å². The number of alkyl halides is 1. The molecule has 0 aliphatic carbocycles. The zero-order chi connectivity index (χ0) is 46.4. The maximum absolute atomic E-state index is 12.1. The Hall–Kier alpha value is -5.75. The van der Waals surface area contributed by atoms with Crippen LogP contribution in [0, 0.1) is 6.92 Å². The molecule has 0 atom stereocenters. The average molecular weight is 910 g/mol. The van der Waals surface area contributed by atoms with Crippen molar-refractivity contribution in [2.45, 2.75) is 25.2 Å². The number of hydrogen-bond donors (Lipinski definition) is 0. The molecule has 0 N–H and O–H groups in total. The van der Waals surface area contributed by atoms with Crippen LogP contribution in [-0.2, 0) is 44.5 Å². The lowest BCUT2D eigenvalue weighted by molar-refractivity contribution is 0.0275. The van der Waals surface area contributed by atoms with Crippen molar-refractivity contribution in [1.29, 1.82) is 0 Å². The van der Waals surface area contributed by atoms with Crippen LogP contribution in [0.5, 0.6) is 11.8 Å². The number of pyridine rings is 2. The summed E-state index contributed by atoms with van der Waals surface area (Å²) in [6.45, 7) is 6.78. The second kappa shape index (κ2) is 30.4. The molecular weight excluding hydrogens is 851 g/mol. The third-order valence-electron chi connectivity index (χ3n) is 9.12. The van der Waals surface area contributed by atoms with Gasteiger partial charge in [-0.25, -0.2) is 14.4 Å². The summed E-state index contributed by atoms with van der Waals surface area (Å²) in [5.41, 5.74) is 7.37. The molecule has 5 rings (SSSR count). The molecule has 0 saturated heterocycles. The lowest BCUT2D eigenvalue weighted by atomic mass is 9.94. The Morgan fingerprint density at radius 1 is 0.585 bits per heavy atom. The zero-order valence-electron chi connectivity index (χ0n) is 37.3. The molecule has 2 heterocycles. The van der Waals surface area contributed by atoms with E-state index < -0.39 is 16.8 Å². The summed E-state index contributed by atoms with van der Waals surface area (Å²) in [5, 5.41) is 0. The fraction of sp³-hybridized carbons (Fsp3) is 0.327. The van der Waals surface area contributed by atoms with Gasteiger partial charge in [0.2, 0.25) is 11.8 Å². The van der Waals surface area contributed by atoms with Crippen molar-refractivity contribution in [2.75, 3.05) is 91.2 Å². The third-order valence-corrected chi connectivity index (χ3v) is 10.5. The lowest BCUT2D eigenvalue weighted by Crippen LogP contribution is -2.23. The normalized spacial score (nSPS) is 11.3. The molecule has 0 unspecified atom stereocenters. The van der Waals surface area contributed by atoms with Gasteiger partial charge in [0.05, 0.1) is 64.4 Å². The highest BCUT2D eigenvalue weighted by atomic mass is 32.2. The van der Waals surface area contributed by atoms with Crippen LogP contribution in [0.2, 0.25) is 0 Å². The quantitative estimate of drug-likeness (QED) is 0.0199. The minimum Gasteiger partial charge on any atom is -0.475 e. The van der Waals surface area contributed by atoms with Crippen LogP contribution in [0.4, 0.5) is 10.1 Å². The van der Waals surface area contributed by atoms with Gasteiger partial charge in [-0.1, -0.05) is 85.3 Å². The molecule has 5 aromatic rings. The Morgan fingerprint density at radius 3 is 1.49 bits per heavy atom. The summed E-state index contributed by atoms with van der Waals surface area (Å²) >= 11 is 0. The van der Waals surface area contributed by atoms with E-state index in [4.69, 9.17) is 32.6 Å². The van der Waals surface area contributed by atoms with E-state index in [1.54, 1.807) is 35.4 Å². The van der Waals surface area contributed by atoms with E-state index in [0.717, 1.165) is 46.1 Å². The van der Waals surface area contributed by atoms with Crippen molar-refractivity contribution in [3.8, 4) is 11.8 Å². The van der Waals surface area contributed by atoms with E-state index in [9.17, 15) is 17.6 Å². The predicted molar refractivity (Wildman–Crippen MR) is 254 cm³/mol. The average Bonchev–Trinajstić information content (AvgIpc) is 3.33. The number of hydrogen-bond acceptors (Lipinski definition) is 13. The van der Waals surface area contributed by atoms with Gasteiger partial charge in [0.25, 0.3) is 10.1 Å². The van der Waals surface area contributed by atoms with E-state index in [2.05, 4.69) is 47.2 Å². The third kappa shape index (κ3) is 21.2. The fourth-order valence-corrected chi connectivity index (χ4v) is 6.38. The maximum atomic E-state index is 12.1. The summed E-state index contributed by atoms with van der Waals surface area (Å²) in [6, 6.07) is 30.3. The van der Waals surface area contributed by atoms with Gasteiger partial charge in [-0.15, -0.1) is 0 Å². The molecular formula is C49H58BFN3O10S. The van der Waals surface area contributed by atoms with Gasteiger partial charge in [0.1, 0.15) is 26.1 Å². The minimum absolute atomic E-state index is 0.0681. The largest absolute Gasteiger partial charge is 0.475 e. The van der Waals surface area contributed by atoms with Crippen LogP contribution in [0.3, 0.4) is 0 Å². The first kappa shape index (κ1) is 51.9. The molecule has 16 heteroatoms. The molecule has 0 amide bonds. The van der Waals surface area contributed by atoms with Crippen LogP contribution >= 0.6 is 0 Å². The molecule has 0 aliphatic heterocycles. The van der Waals surface area contributed by atoms with Crippen LogP contribution in [0.25, 0.3) is 24.3 Å². The Bertz CT molecular complexity index is 2230. The van der Waals surface area contributed by atoms with Gasteiger partial charge in [0.15, 0.2) is 0 Å². The van der Waals surface area contributed by atoms with Crippen molar-refractivity contribution < 1.29 is 50.2 Å².